The average molecular weight is 210 g/mol. The van der Waals surface area contributed by atoms with Gasteiger partial charge in [-0.25, -0.2) is 4.98 Å². The molecule has 1 aromatic heterocycles. The molecule has 0 unspecified atom stereocenters. The van der Waals surface area contributed by atoms with Gasteiger partial charge in [0.25, 0.3) is 5.91 Å². The standard InChI is InChI=1S/C10H14N2O3/c1-7-8(12-6-15-7)9(13)11-3-10(2)4-14-5-10/h6H,3-5H2,1-2H3,(H,11,13). The second kappa shape index (κ2) is 3.66. The smallest absolute Gasteiger partial charge is 0.273 e. The molecule has 5 nitrogen and oxygen atoms in total. The first-order valence-electron chi connectivity index (χ1n) is 4.87. The maximum atomic E-state index is 11.6. The molecule has 0 bridgehead atoms. The molecule has 1 saturated heterocycles. The first-order valence-corrected chi connectivity index (χ1v) is 4.87. The van der Waals surface area contributed by atoms with Crippen molar-refractivity contribution in [2.45, 2.75) is 13.8 Å². The zero-order chi connectivity index (χ0) is 10.9. The monoisotopic (exact) mass is 210 g/mol. The third-order valence-electron chi connectivity index (χ3n) is 2.54. The van der Waals surface area contributed by atoms with Crippen LogP contribution < -0.4 is 5.32 Å². The normalized spacial score (nSPS) is 18.3. The highest BCUT2D eigenvalue weighted by Crippen LogP contribution is 2.25. The summed E-state index contributed by atoms with van der Waals surface area (Å²) in [4.78, 5) is 15.5. The van der Waals surface area contributed by atoms with Crippen LogP contribution in [0.5, 0.6) is 0 Å². The molecule has 1 aliphatic heterocycles. The molecule has 1 aromatic rings. The molecule has 0 aromatic carbocycles. The van der Waals surface area contributed by atoms with Gasteiger partial charge in [-0.1, -0.05) is 6.92 Å². The van der Waals surface area contributed by atoms with Crippen molar-refractivity contribution < 1.29 is 13.9 Å². The quantitative estimate of drug-likeness (QED) is 0.799. The third kappa shape index (κ3) is 2.02. The Balaban J connectivity index is 1.90. The number of hydrogen-bond donors (Lipinski definition) is 1. The minimum absolute atomic E-state index is 0.0767. The molecule has 2 heterocycles. The first kappa shape index (κ1) is 10.2. The predicted octanol–water partition coefficient (Wildman–Crippen LogP) is 0.749. The van der Waals surface area contributed by atoms with E-state index in [2.05, 4.69) is 17.2 Å². The molecule has 1 fully saturated rings. The van der Waals surface area contributed by atoms with Gasteiger partial charge < -0.3 is 14.5 Å². The summed E-state index contributed by atoms with van der Waals surface area (Å²) in [5.41, 5.74) is 0.437. The highest BCUT2D eigenvalue weighted by Gasteiger charge is 2.33. The van der Waals surface area contributed by atoms with Crippen LogP contribution in [0, 0.1) is 12.3 Å². The lowest BCUT2D eigenvalue weighted by Crippen LogP contribution is -2.48. The molecular formula is C10H14N2O3. The topological polar surface area (TPSA) is 64.4 Å². The number of oxazole rings is 1. The summed E-state index contributed by atoms with van der Waals surface area (Å²) in [6.45, 7) is 5.80. The van der Waals surface area contributed by atoms with E-state index in [9.17, 15) is 4.79 Å². The highest BCUT2D eigenvalue weighted by molar-refractivity contribution is 5.93. The zero-order valence-electron chi connectivity index (χ0n) is 8.87. The molecular weight excluding hydrogens is 196 g/mol. The largest absolute Gasteiger partial charge is 0.448 e. The molecule has 5 heteroatoms. The third-order valence-corrected chi connectivity index (χ3v) is 2.54. The van der Waals surface area contributed by atoms with E-state index >= 15 is 0 Å². The summed E-state index contributed by atoms with van der Waals surface area (Å²) in [7, 11) is 0. The van der Waals surface area contributed by atoms with Crippen LogP contribution in [0.25, 0.3) is 0 Å². The summed E-state index contributed by atoms with van der Waals surface area (Å²) < 4.78 is 10.1. The number of carbonyl (C=O) groups is 1. The van der Waals surface area contributed by atoms with E-state index in [1.54, 1.807) is 6.92 Å². The molecule has 1 aliphatic rings. The maximum Gasteiger partial charge on any atom is 0.273 e. The molecule has 0 saturated carbocycles. The molecule has 0 radical (unpaired) electrons. The SMILES string of the molecule is Cc1ocnc1C(=O)NCC1(C)COC1. The Bertz CT molecular complexity index is 368. The summed E-state index contributed by atoms with van der Waals surface area (Å²) in [6.07, 6.45) is 1.28. The van der Waals surface area contributed by atoms with Crippen LogP contribution >= 0.6 is 0 Å². The number of aryl methyl sites for hydroxylation is 1. The van der Waals surface area contributed by atoms with E-state index in [0.717, 1.165) is 0 Å². The van der Waals surface area contributed by atoms with Gasteiger partial charge in [-0.3, -0.25) is 4.79 Å². The van der Waals surface area contributed by atoms with Gasteiger partial charge in [0.1, 0.15) is 5.76 Å². The summed E-state index contributed by atoms with van der Waals surface area (Å²) in [6, 6.07) is 0. The number of ether oxygens (including phenoxy) is 1. The second-order valence-corrected chi connectivity index (χ2v) is 4.24. The fraction of sp³-hybridized carbons (Fsp3) is 0.600. The zero-order valence-corrected chi connectivity index (χ0v) is 8.87. The van der Waals surface area contributed by atoms with E-state index in [1.165, 1.54) is 6.39 Å². The van der Waals surface area contributed by atoms with Crippen LogP contribution in [-0.2, 0) is 4.74 Å². The van der Waals surface area contributed by atoms with E-state index < -0.39 is 0 Å². The maximum absolute atomic E-state index is 11.6. The van der Waals surface area contributed by atoms with Crippen LogP contribution in [0.2, 0.25) is 0 Å². The Kier molecular flexibility index (Phi) is 2.48. The summed E-state index contributed by atoms with van der Waals surface area (Å²) in [5, 5.41) is 2.83. The van der Waals surface area contributed by atoms with Crippen molar-refractivity contribution in [1.29, 1.82) is 0 Å². The van der Waals surface area contributed by atoms with Gasteiger partial charge in [0, 0.05) is 12.0 Å². The predicted molar refractivity (Wildman–Crippen MR) is 52.5 cm³/mol. The van der Waals surface area contributed by atoms with Crippen molar-refractivity contribution in [2.24, 2.45) is 5.41 Å². The second-order valence-electron chi connectivity index (χ2n) is 4.24. The molecule has 1 amide bonds. The van der Waals surface area contributed by atoms with Crippen molar-refractivity contribution in [1.82, 2.24) is 10.3 Å². The lowest BCUT2D eigenvalue weighted by Gasteiger charge is -2.37. The van der Waals surface area contributed by atoms with E-state index in [4.69, 9.17) is 9.15 Å². The van der Waals surface area contributed by atoms with Crippen molar-refractivity contribution in [3.63, 3.8) is 0 Å². The molecule has 2 rings (SSSR count). The summed E-state index contributed by atoms with van der Waals surface area (Å²) in [5.74, 6) is 0.358. The van der Waals surface area contributed by atoms with Gasteiger partial charge in [-0.05, 0) is 6.92 Å². The lowest BCUT2D eigenvalue weighted by atomic mass is 9.89. The van der Waals surface area contributed by atoms with Crippen LogP contribution in [0.1, 0.15) is 23.2 Å². The number of carbonyl (C=O) groups excluding carboxylic acids is 1. The van der Waals surface area contributed by atoms with Crippen molar-refractivity contribution >= 4 is 5.91 Å². The average Bonchev–Trinajstić information content (AvgIpc) is 2.58. The minimum atomic E-state index is -0.186. The van der Waals surface area contributed by atoms with Gasteiger partial charge >= 0.3 is 0 Å². The Morgan fingerprint density at radius 2 is 2.40 bits per heavy atom. The van der Waals surface area contributed by atoms with Gasteiger partial charge in [0.05, 0.1) is 13.2 Å². The van der Waals surface area contributed by atoms with Gasteiger partial charge in [-0.2, -0.15) is 0 Å². The molecule has 82 valence electrons. The van der Waals surface area contributed by atoms with Crippen LogP contribution in [0.3, 0.4) is 0 Å². The highest BCUT2D eigenvalue weighted by atomic mass is 16.5. The Hall–Kier alpha value is -1.36. The fourth-order valence-electron chi connectivity index (χ4n) is 1.45. The van der Waals surface area contributed by atoms with E-state index in [0.29, 0.717) is 31.2 Å². The molecule has 0 aliphatic carbocycles. The number of nitrogens with zero attached hydrogens (tertiary/aromatic N) is 1. The van der Waals surface area contributed by atoms with Crippen LogP contribution in [-0.4, -0.2) is 30.6 Å². The van der Waals surface area contributed by atoms with Gasteiger partial charge in [0.15, 0.2) is 12.1 Å². The Labute approximate surface area is 87.8 Å². The fourth-order valence-corrected chi connectivity index (χ4v) is 1.45. The molecule has 0 spiro atoms. The van der Waals surface area contributed by atoms with E-state index in [-0.39, 0.29) is 11.3 Å². The minimum Gasteiger partial charge on any atom is -0.448 e. The van der Waals surface area contributed by atoms with Gasteiger partial charge in [-0.15, -0.1) is 0 Å². The number of amides is 1. The molecule has 1 N–H and O–H groups in total. The number of aromatic nitrogens is 1. The lowest BCUT2D eigenvalue weighted by molar-refractivity contribution is -0.0978. The van der Waals surface area contributed by atoms with E-state index in [1.807, 2.05) is 0 Å². The van der Waals surface area contributed by atoms with Crippen LogP contribution in [0.4, 0.5) is 0 Å². The van der Waals surface area contributed by atoms with Crippen LogP contribution in [0.15, 0.2) is 10.8 Å². The Morgan fingerprint density at radius 3 is 2.87 bits per heavy atom. The molecule has 15 heavy (non-hydrogen) atoms. The van der Waals surface area contributed by atoms with Crippen molar-refractivity contribution in [3.8, 4) is 0 Å². The van der Waals surface area contributed by atoms with Crippen molar-refractivity contribution in [2.75, 3.05) is 19.8 Å². The van der Waals surface area contributed by atoms with Crippen molar-refractivity contribution in [3.05, 3.63) is 17.8 Å². The van der Waals surface area contributed by atoms with Gasteiger partial charge in [0.2, 0.25) is 0 Å². The number of nitrogens with one attached hydrogen (secondary N) is 1. The first-order chi connectivity index (χ1) is 7.11. The Morgan fingerprint density at radius 1 is 1.67 bits per heavy atom. The number of rotatable bonds is 3. The number of hydrogen-bond acceptors (Lipinski definition) is 4. The summed E-state index contributed by atoms with van der Waals surface area (Å²) >= 11 is 0. The molecule has 0 atom stereocenters.